The molecule has 10 heteroatoms. The highest BCUT2D eigenvalue weighted by atomic mass is 19.1. The van der Waals surface area contributed by atoms with E-state index in [0.29, 0.717) is 54.7 Å². The lowest BCUT2D eigenvalue weighted by molar-refractivity contribution is -0.126. The average molecular weight is 628 g/mol. The molecule has 2 heterocycles. The molecule has 4 rings (SSSR count). The van der Waals surface area contributed by atoms with Crippen molar-refractivity contribution in [1.29, 1.82) is 0 Å². The molecule has 3 N–H and O–H groups in total. The van der Waals surface area contributed by atoms with Crippen LogP contribution in [0.5, 0.6) is 0 Å². The number of benzene rings is 2. The number of alkyl halides is 1. The van der Waals surface area contributed by atoms with Crippen LogP contribution in [0, 0.1) is 45.2 Å². The van der Waals surface area contributed by atoms with Crippen molar-refractivity contribution in [2.45, 2.75) is 85.4 Å². The van der Waals surface area contributed by atoms with Gasteiger partial charge in [-0.1, -0.05) is 13.8 Å². The number of nitrogens with one attached hydrogen (secondary N) is 1. The minimum atomic E-state index is -1.87. The van der Waals surface area contributed by atoms with Crippen LogP contribution in [0.1, 0.15) is 72.2 Å². The Balaban J connectivity index is 1.71. The molecule has 0 bridgehead atoms. The first-order chi connectivity index (χ1) is 21.1. The van der Waals surface area contributed by atoms with Gasteiger partial charge in [0.15, 0.2) is 6.29 Å². The number of carbonyl (C=O) groups is 1. The quantitative estimate of drug-likeness (QED) is 0.235. The van der Waals surface area contributed by atoms with Gasteiger partial charge >= 0.3 is 0 Å². The van der Waals surface area contributed by atoms with Crippen LogP contribution < -0.4 is 10.9 Å². The number of nitrogens with zero attached hydrogens (tertiary/aromatic N) is 2. The molecule has 1 saturated heterocycles. The van der Waals surface area contributed by atoms with Gasteiger partial charge in [-0.3, -0.25) is 14.5 Å². The maximum Gasteiger partial charge on any atom is 0.251 e. The third-order valence-electron chi connectivity index (χ3n) is 8.55. The molecule has 7 nitrogen and oxygen atoms in total. The van der Waals surface area contributed by atoms with Gasteiger partial charge in [0.1, 0.15) is 23.8 Å². The van der Waals surface area contributed by atoms with Crippen LogP contribution in [-0.2, 0) is 11.2 Å². The molecular formula is C35H44F3N3O4. The summed E-state index contributed by atoms with van der Waals surface area (Å²) in [6.07, 6.45) is -0.529. The van der Waals surface area contributed by atoms with Gasteiger partial charge in [-0.25, -0.2) is 13.2 Å². The number of pyridine rings is 1. The summed E-state index contributed by atoms with van der Waals surface area (Å²) in [6.45, 7) is 12.1. The van der Waals surface area contributed by atoms with E-state index >= 15 is 4.39 Å². The van der Waals surface area contributed by atoms with Gasteiger partial charge in [-0.15, -0.1) is 0 Å². The first-order valence-electron chi connectivity index (χ1n) is 15.5. The predicted octanol–water partition coefficient (Wildman–Crippen LogP) is 5.37. The van der Waals surface area contributed by atoms with Crippen LogP contribution in [0.25, 0.3) is 11.1 Å². The highest BCUT2D eigenvalue weighted by molar-refractivity contribution is 5.81. The molecule has 244 valence electrons. The van der Waals surface area contributed by atoms with E-state index in [-0.39, 0.29) is 28.4 Å². The fourth-order valence-corrected chi connectivity index (χ4v) is 6.26. The van der Waals surface area contributed by atoms with E-state index in [2.05, 4.69) is 5.32 Å². The van der Waals surface area contributed by atoms with Gasteiger partial charge in [0.05, 0.1) is 6.04 Å². The summed E-state index contributed by atoms with van der Waals surface area (Å²) in [5, 5.41) is 22.8. The topological polar surface area (TPSA) is 94.8 Å². The Hall–Kier alpha value is -3.47. The molecule has 0 spiro atoms. The third-order valence-corrected chi connectivity index (χ3v) is 8.55. The van der Waals surface area contributed by atoms with Crippen LogP contribution in [0.3, 0.4) is 0 Å². The van der Waals surface area contributed by atoms with Crippen molar-refractivity contribution < 1.29 is 28.2 Å². The van der Waals surface area contributed by atoms with Crippen molar-refractivity contribution in [3.05, 3.63) is 91.9 Å². The zero-order chi connectivity index (χ0) is 33.2. The van der Waals surface area contributed by atoms with Gasteiger partial charge in [-0.05, 0) is 110 Å². The Morgan fingerprint density at radius 2 is 1.60 bits per heavy atom. The zero-order valence-corrected chi connectivity index (χ0v) is 26.8. The molecule has 0 saturated carbocycles. The van der Waals surface area contributed by atoms with Gasteiger partial charge in [0.2, 0.25) is 5.91 Å². The lowest BCUT2D eigenvalue weighted by atomic mass is 9.90. The van der Waals surface area contributed by atoms with Crippen molar-refractivity contribution in [2.24, 2.45) is 5.92 Å². The number of hydrogen-bond acceptors (Lipinski definition) is 5. The Morgan fingerprint density at radius 3 is 2.18 bits per heavy atom. The van der Waals surface area contributed by atoms with E-state index in [4.69, 9.17) is 0 Å². The van der Waals surface area contributed by atoms with Crippen LogP contribution in [0.15, 0.2) is 41.3 Å². The zero-order valence-electron chi connectivity index (χ0n) is 26.8. The summed E-state index contributed by atoms with van der Waals surface area (Å²) >= 11 is 0. The van der Waals surface area contributed by atoms with Crippen molar-refractivity contribution in [3.8, 4) is 11.1 Å². The number of amides is 1. The second kappa shape index (κ2) is 14.3. The Labute approximate surface area is 262 Å². The van der Waals surface area contributed by atoms with Gasteiger partial charge < -0.3 is 20.1 Å². The maximum absolute atomic E-state index is 15.8. The highest BCUT2D eigenvalue weighted by Gasteiger charge is 2.30. The molecule has 45 heavy (non-hydrogen) atoms. The summed E-state index contributed by atoms with van der Waals surface area (Å²) in [4.78, 5) is 29.2. The smallest absolute Gasteiger partial charge is 0.251 e. The molecule has 0 radical (unpaired) electrons. The number of halogens is 3. The lowest BCUT2D eigenvalue weighted by Gasteiger charge is -2.34. The number of hydrogen-bond donors (Lipinski definition) is 3. The van der Waals surface area contributed by atoms with Crippen LogP contribution in [-0.4, -0.2) is 57.7 Å². The summed E-state index contributed by atoms with van der Waals surface area (Å²) in [5.74, 6) is -1.56. The van der Waals surface area contributed by atoms with Crippen molar-refractivity contribution in [2.75, 3.05) is 19.6 Å². The number of aromatic nitrogens is 1. The van der Waals surface area contributed by atoms with Crippen molar-refractivity contribution in [3.63, 3.8) is 0 Å². The van der Waals surface area contributed by atoms with Crippen LogP contribution in [0.4, 0.5) is 13.2 Å². The second-order valence-electron chi connectivity index (χ2n) is 12.9. The second-order valence-corrected chi connectivity index (χ2v) is 12.9. The summed E-state index contributed by atoms with van der Waals surface area (Å²) in [5.41, 5.74) is 4.22. The number of aryl methyl sites for hydroxylation is 4. The van der Waals surface area contributed by atoms with Crippen LogP contribution in [0.2, 0.25) is 0 Å². The van der Waals surface area contributed by atoms with E-state index < -0.39 is 42.7 Å². The normalized spacial score (nSPS) is 15.4. The first kappa shape index (κ1) is 34.4. The van der Waals surface area contributed by atoms with Crippen LogP contribution >= 0.6 is 0 Å². The Kier molecular flexibility index (Phi) is 10.9. The third kappa shape index (κ3) is 8.23. The number of likely N-dealkylation sites (tertiary alicyclic amines) is 1. The molecule has 2 aromatic carbocycles. The monoisotopic (exact) mass is 627 g/mol. The van der Waals surface area contributed by atoms with E-state index in [0.717, 1.165) is 11.1 Å². The number of aliphatic hydroxyl groups is 2. The van der Waals surface area contributed by atoms with E-state index in [9.17, 15) is 28.6 Å². The average Bonchev–Trinajstić information content (AvgIpc) is 2.90. The van der Waals surface area contributed by atoms with Gasteiger partial charge in [0.25, 0.3) is 5.56 Å². The minimum absolute atomic E-state index is 0.00796. The number of carbonyl (C=O) groups excluding carboxylic acids is 1. The standard InChI is InChI=1S/C35H44F3N3O4/c1-19(2)9-30(41-16-24(20(3)13-31(41)42)7-8-40-17-27(37)18-40)35(45)39-29(15-32(43)44)28-14-25(10-23(6)34(28)38)33-21(4)11-26(36)12-22(33)5/h10-14,16,19,27,29-30,32,43-44H,7-9,15,17-18H2,1-6H3,(H,39,45)/t29-,30?/m0/s1. The predicted molar refractivity (Wildman–Crippen MR) is 169 cm³/mol. The highest BCUT2D eigenvalue weighted by Crippen LogP contribution is 2.34. The Morgan fingerprint density at radius 1 is 0.956 bits per heavy atom. The number of rotatable bonds is 12. The molecule has 0 aliphatic carbocycles. The molecular weight excluding hydrogens is 583 g/mol. The summed E-state index contributed by atoms with van der Waals surface area (Å²) < 4.78 is 44.5. The SMILES string of the molecule is Cc1cc(=O)n(C(CC(C)C)C(=O)N[C@@H](CC(O)O)c2cc(-c3c(C)cc(F)cc3C)cc(C)c2F)cc1CCN1CC(F)C1. The van der Waals surface area contributed by atoms with E-state index in [1.807, 2.05) is 25.7 Å². The molecule has 1 aliphatic heterocycles. The summed E-state index contributed by atoms with van der Waals surface area (Å²) in [7, 11) is 0. The number of aliphatic hydroxyl groups excluding tert-OH is 1. The molecule has 3 aromatic rings. The molecule has 2 atom stereocenters. The molecule has 1 fully saturated rings. The lowest BCUT2D eigenvalue weighted by Crippen LogP contribution is -2.49. The molecule has 1 aromatic heterocycles. The van der Waals surface area contributed by atoms with Gasteiger partial charge in [0, 0.05) is 43.9 Å². The summed E-state index contributed by atoms with van der Waals surface area (Å²) in [6, 6.07) is 5.36. The molecule has 1 unspecified atom stereocenters. The van der Waals surface area contributed by atoms with E-state index in [1.165, 1.54) is 22.8 Å². The molecule has 1 aliphatic rings. The minimum Gasteiger partial charge on any atom is -0.368 e. The first-order valence-corrected chi connectivity index (χ1v) is 15.5. The fourth-order valence-electron chi connectivity index (χ4n) is 6.26. The van der Waals surface area contributed by atoms with Crippen molar-refractivity contribution >= 4 is 5.91 Å². The van der Waals surface area contributed by atoms with E-state index in [1.54, 1.807) is 39.1 Å². The Bertz CT molecular complexity index is 1570. The fraction of sp³-hybridized carbons (Fsp3) is 0.486. The largest absolute Gasteiger partial charge is 0.368 e. The molecule has 1 amide bonds. The maximum atomic E-state index is 15.8. The van der Waals surface area contributed by atoms with Gasteiger partial charge in [-0.2, -0.15) is 0 Å². The van der Waals surface area contributed by atoms with Crippen molar-refractivity contribution in [1.82, 2.24) is 14.8 Å².